The second kappa shape index (κ2) is 5.09. The SMILES string of the molecule is O=C([O-])C1=C(c2ccccc2)S[C@@H]2CC(=O)N12.[Na+]. The zero-order valence-electron chi connectivity index (χ0n) is 9.75. The van der Waals surface area contributed by atoms with Crippen LogP contribution in [0.2, 0.25) is 0 Å². The molecule has 6 heteroatoms. The number of benzene rings is 1. The van der Waals surface area contributed by atoms with Crippen LogP contribution in [-0.4, -0.2) is 22.2 Å². The van der Waals surface area contributed by atoms with Crippen molar-refractivity contribution < 1.29 is 44.3 Å². The van der Waals surface area contributed by atoms with Gasteiger partial charge in [0.25, 0.3) is 0 Å². The van der Waals surface area contributed by atoms with E-state index >= 15 is 0 Å². The number of carbonyl (C=O) groups excluding carboxylic acids is 2. The van der Waals surface area contributed by atoms with E-state index < -0.39 is 5.97 Å². The second-order valence-corrected chi connectivity index (χ2v) is 5.06. The van der Waals surface area contributed by atoms with E-state index in [0.29, 0.717) is 11.3 Å². The summed E-state index contributed by atoms with van der Waals surface area (Å²) in [7, 11) is 0. The maximum absolute atomic E-state index is 11.4. The molecule has 0 radical (unpaired) electrons. The summed E-state index contributed by atoms with van der Waals surface area (Å²) in [5, 5.41) is 11.1. The first-order chi connectivity index (χ1) is 8.18. The van der Waals surface area contributed by atoms with Crippen molar-refractivity contribution in [2.24, 2.45) is 0 Å². The molecule has 1 amide bonds. The maximum atomic E-state index is 11.4. The molecule has 3 rings (SSSR count). The van der Waals surface area contributed by atoms with Crippen LogP contribution in [-0.2, 0) is 9.59 Å². The van der Waals surface area contributed by atoms with Crippen LogP contribution in [0.25, 0.3) is 4.91 Å². The Hall–Kier alpha value is -0.750. The Morgan fingerprint density at radius 2 is 2.00 bits per heavy atom. The van der Waals surface area contributed by atoms with Gasteiger partial charge in [0.15, 0.2) is 0 Å². The molecule has 4 nitrogen and oxygen atoms in total. The molecule has 0 aromatic heterocycles. The molecular weight excluding hydrogens is 261 g/mol. The van der Waals surface area contributed by atoms with E-state index in [9.17, 15) is 14.7 Å². The van der Waals surface area contributed by atoms with Gasteiger partial charge in [-0.1, -0.05) is 42.1 Å². The first-order valence-corrected chi connectivity index (χ1v) is 6.06. The molecule has 2 heterocycles. The summed E-state index contributed by atoms with van der Waals surface area (Å²) < 4.78 is 0. The van der Waals surface area contributed by atoms with Crippen molar-refractivity contribution >= 4 is 28.5 Å². The summed E-state index contributed by atoms with van der Waals surface area (Å²) >= 11 is 1.42. The molecule has 0 bridgehead atoms. The largest absolute Gasteiger partial charge is 1.00 e. The quantitative estimate of drug-likeness (QED) is 0.437. The van der Waals surface area contributed by atoms with Gasteiger partial charge in [-0.25, -0.2) is 0 Å². The molecule has 0 saturated carbocycles. The van der Waals surface area contributed by atoms with E-state index in [-0.39, 0.29) is 46.5 Å². The van der Waals surface area contributed by atoms with Crippen LogP contribution in [0.5, 0.6) is 0 Å². The van der Waals surface area contributed by atoms with Gasteiger partial charge in [-0.2, -0.15) is 0 Å². The van der Waals surface area contributed by atoms with Gasteiger partial charge in [0.2, 0.25) is 5.91 Å². The van der Waals surface area contributed by atoms with Crippen molar-refractivity contribution in [3.8, 4) is 0 Å². The molecule has 2 aliphatic heterocycles. The fourth-order valence-corrected chi connectivity index (χ4v) is 3.43. The van der Waals surface area contributed by atoms with Gasteiger partial charge >= 0.3 is 29.6 Å². The number of β-lactam (4-membered cyclic amide) rings is 1. The average Bonchev–Trinajstić information content (AvgIpc) is 2.63. The summed E-state index contributed by atoms with van der Waals surface area (Å²) in [5.74, 6) is -1.43. The molecule has 0 unspecified atom stereocenters. The van der Waals surface area contributed by atoms with Crippen molar-refractivity contribution in [1.29, 1.82) is 0 Å². The van der Waals surface area contributed by atoms with Gasteiger partial charge in [-0.3, -0.25) is 9.69 Å². The third kappa shape index (κ3) is 2.01. The third-order valence-electron chi connectivity index (χ3n) is 2.85. The molecule has 1 atom stereocenters. The van der Waals surface area contributed by atoms with Crippen LogP contribution in [0.1, 0.15) is 12.0 Å². The number of carboxylic acids is 1. The van der Waals surface area contributed by atoms with Gasteiger partial charge in [0.1, 0.15) is 0 Å². The predicted octanol–water partition coefficient (Wildman–Crippen LogP) is -2.59. The van der Waals surface area contributed by atoms with Crippen LogP contribution >= 0.6 is 11.8 Å². The number of aliphatic carboxylic acids is 1. The predicted molar refractivity (Wildman–Crippen MR) is 61.2 cm³/mol. The van der Waals surface area contributed by atoms with Gasteiger partial charge in [0.05, 0.1) is 23.5 Å². The number of nitrogens with zero attached hydrogens (tertiary/aromatic N) is 1. The molecule has 0 spiro atoms. The Labute approximate surface area is 130 Å². The van der Waals surface area contributed by atoms with Gasteiger partial charge in [0, 0.05) is 4.91 Å². The smallest absolute Gasteiger partial charge is 0.543 e. The monoisotopic (exact) mass is 269 g/mol. The summed E-state index contributed by atoms with van der Waals surface area (Å²) in [5.41, 5.74) is 0.835. The minimum atomic E-state index is -1.29. The zero-order chi connectivity index (χ0) is 12.0. The number of carbonyl (C=O) groups is 2. The van der Waals surface area contributed by atoms with Crippen molar-refractivity contribution in [1.82, 2.24) is 4.90 Å². The normalized spacial score (nSPS) is 21.2. The Balaban J connectivity index is 0.00000120. The molecule has 18 heavy (non-hydrogen) atoms. The Bertz CT molecular complexity index is 544. The van der Waals surface area contributed by atoms with Gasteiger partial charge in [-0.15, -0.1) is 0 Å². The van der Waals surface area contributed by atoms with Crippen LogP contribution in [0.15, 0.2) is 36.0 Å². The van der Waals surface area contributed by atoms with Crippen LogP contribution < -0.4 is 34.7 Å². The Morgan fingerprint density at radius 1 is 1.33 bits per heavy atom. The Kier molecular flexibility index (Phi) is 3.87. The van der Waals surface area contributed by atoms with E-state index in [0.717, 1.165) is 5.56 Å². The first kappa shape index (κ1) is 13.7. The van der Waals surface area contributed by atoms with Crippen molar-refractivity contribution in [2.75, 3.05) is 0 Å². The third-order valence-corrected chi connectivity index (χ3v) is 4.16. The molecule has 1 fully saturated rings. The van der Waals surface area contributed by atoms with E-state index in [1.54, 1.807) is 0 Å². The van der Waals surface area contributed by atoms with E-state index in [1.807, 2.05) is 30.3 Å². The molecule has 1 saturated heterocycles. The molecule has 1 aromatic rings. The number of hydrogen-bond acceptors (Lipinski definition) is 4. The summed E-state index contributed by atoms with van der Waals surface area (Å²) in [6.45, 7) is 0. The topological polar surface area (TPSA) is 60.4 Å². The molecule has 2 aliphatic rings. The number of rotatable bonds is 2. The number of fused-ring (bicyclic) bond motifs is 1. The molecular formula is C12H8NNaO3S. The van der Waals surface area contributed by atoms with Crippen molar-refractivity contribution in [2.45, 2.75) is 11.8 Å². The fourth-order valence-electron chi connectivity index (χ4n) is 2.04. The van der Waals surface area contributed by atoms with Crippen LogP contribution in [0.3, 0.4) is 0 Å². The van der Waals surface area contributed by atoms with Gasteiger partial charge in [-0.05, 0) is 5.56 Å². The summed E-state index contributed by atoms with van der Waals surface area (Å²) in [4.78, 5) is 24.5. The van der Waals surface area contributed by atoms with E-state index in [2.05, 4.69) is 0 Å². The van der Waals surface area contributed by atoms with Crippen molar-refractivity contribution in [3.63, 3.8) is 0 Å². The molecule has 1 aromatic carbocycles. The number of hydrogen-bond donors (Lipinski definition) is 0. The zero-order valence-corrected chi connectivity index (χ0v) is 12.6. The minimum Gasteiger partial charge on any atom is -0.543 e. The molecule has 86 valence electrons. The van der Waals surface area contributed by atoms with E-state index in [1.165, 1.54) is 16.7 Å². The van der Waals surface area contributed by atoms with Crippen LogP contribution in [0.4, 0.5) is 0 Å². The fraction of sp³-hybridized carbons (Fsp3) is 0.167. The van der Waals surface area contributed by atoms with E-state index in [4.69, 9.17) is 0 Å². The molecule has 0 aliphatic carbocycles. The van der Waals surface area contributed by atoms with Crippen LogP contribution in [0, 0.1) is 0 Å². The number of carboxylic acid groups (broad SMARTS) is 1. The standard InChI is InChI=1S/C12H9NO3S.Na/c14-8-6-9-13(8)10(12(15)16)11(17-9)7-4-2-1-3-5-7;/h1-5,9H,6H2,(H,15,16);/q;+1/p-1/t9-;/m1./s1. The summed E-state index contributed by atoms with van der Waals surface area (Å²) in [6.07, 6.45) is 0.401. The summed E-state index contributed by atoms with van der Waals surface area (Å²) in [6, 6.07) is 9.21. The Morgan fingerprint density at radius 3 is 2.56 bits per heavy atom. The maximum Gasteiger partial charge on any atom is 1.00 e. The van der Waals surface area contributed by atoms with Crippen molar-refractivity contribution in [3.05, 3.63) is 41.6 Å². The minimum absolute atomic E-state index is 0. The number of amides is 1. The average molecular weight is 269 g/mol. The second-order valence-electron chi connectivity index (χ2n) is 3.87. The number of thioether (sulfide) groups is 1. The molecule has 0 N–H and O–H groups in total. The van der Waals surface area contributed by atoms with Gasteiger partial charge < -0.3 is 9.90 Å². The first-order valence-electron chi connectivity index (χ1n) is 5.18.